The van der Waals surface area contributed by atoms with Crippen molar-refractivity contribution in [2.45, 2.75) is 13.8 Å². The van der Waals surface area contributed by atoms with E-state index in [0.717, 1.165) is 22.3 Å². The van der Waals surface area contributed by atoms with E-state index in [-0.39, 0.29) is 11.5 Å². The van der Waals surface area contributed by atoms with Gasteiger partial charge in [0.15, 0.2) is 11.5 Å². The molecule has 0 atom stereocenters. The van der Waals surface area contributed by atoms with Gasteiger partial charge >= 0.3 is 11.8 Å². The van der Waals surface area contributed by atoms with Crippen LogP contribution in [0.25, 0.3) is 12.2 Å². The average Bonchev–Trinajstić information content (AvgIpc) is 3.31. The molecule has 0 spiro atoms. The van der Waals surface area contributed by atoms with Gasteiger partial charge in [0.2, 0.25) is 0 Å². The van der Waals surface area contributed by atoms with Crippen LogP contribution in [0.15, 0.2) is 98.6 Å². The minimum Gasteiger partial charge on any atom is -0.446 e. The van der Waals surface area contributed by atoms with Crippen molar-refractivity contribution in [3.63, 3.8) is 0 Å². The van der Waals surface area contributed by atoms with Gasteiger partial charge in [0.25, 0.3) is 0 Å². The van der Waals surface area contributed by atoms with Gasteiger partial charge in [0, 0.05) is 0 Å². The second kappa shape index (κ2) is 11.8. The van der Waals surface area contributed by atoms with Crippen molar-refractivity contribution in [2.75, 3.05) is 0 Å². The van der Waals surface area contributed by atoms with Gasteiger partial charge in [-0.1, -0.05) is 72.8 Å². The Morgan fingerprint density at radius 3 is 1.45 bits per heavy atom. The quantitative estimate of drug-likeness (QED) is 0.384. The summed E-state index contributed by atoms with van der Waals surface area (Å²) in [7, 11) is 0. The van der Waals surface area contributed by atoms with E-state index in [2.05, 4.69) is 21.1 Å². The van der Waals surface area contributed by atoms with Gasteiger partial charge in [-0.2, -0.15) is 10.2 Å². The summed E-state index contributed by atoms with van der Waals surface area (Å²) in [5.41, 5.74) is 8.53. The first-order valence-electron chi connectivity index (χ1n) is 10.2. The molecule has 1 aromatic heterocycles. The summed E-state index contributed by atoms with van der Waals surface area (Å²) in [5, 5.41) is 7.84. The van der Waals surface area contributed by atoms with Crippen LogP contribution >= 0.6 is 0 Å². The molecule has 3 rings (SSSR count). The summed E-state index contributed by atoms with van der Waals surface area (Å²) < 4.78 is 5.31. The first-order valence-corrected chi connectivity index (χ1v) is 10.2. The van der Waals surface area contributed by atoms with E-state index >= 15 is 0 Å². The van der Waals surface area contributed by atoms with E-state index in [4.69, 9.17) is 4.42 Å². The Morgan fingerprint density at radius 2 is 1.06 bits per heavy atom. The van der Waals surface area contributed by atoms with Crippen LogP contribution in [-0.2, 0) is 0 Å². The predicted octanol–water partition coefficient (Wildman–Crippen LogP) is 4.92. The van der Waals surface area contributed by atoms with E-state index in [1.807, 2.05) is 86.7 Å². The van der Waals surface area contributed by atoms with E-state index < -0.39 is 11.8 Å². The zero-order valence-electron chi connectivity index (χ0n) is 18.4. The summed E-state index contributed by atoms with van der Waals surface area (Å²) >= 11 is 0. The smallest absolute Gasteiger partial charge is 0.307 e. The van der Waals surface area contributed by atoms with E-state index in [0.29, 0.717) is 0 Å². The van der Waals surface area contributed by atoms with Crippen molar-refractivity contribution >= 4 is 36.4 Å². The molecule has 0 aliphatic rings. The van der Waals surface area contributed by atoms with Crippen molar-refractivity contribution in [3.8, 4) is 0 Å². The third kappa shape index (κ3) is 7.59. The second-order valence-corrected chi connectivity index (χ2v) is 7.16. The molecule has 33 heavy (non-hydrogen) atoms. The summed E-state index contributed by atoms with van der Waals surface area (Å²) in [6.45, 7) is 3.74. The van der Waals surface area contributed by atoms with Gasteiger partial charge in [0.05, 0.1) is 12.4 Å². The lowest BCUT2D eigenvalue weighted by atomic mass is 10.1. The molecule has 0 aliphatic carbocycles. The first-order chi connectivity index (χ1) is 16.0. The molecule has 7 nitrogen and oxygen atoms in total. The van der Waals surface area contributed by atoms with E-state index in [1.165, 1.54) is 24.6 Å². The Bertz CT molecular complexity index is 1110. The number of rotatable bonds is 8. The maximum atomic E-state index is 12.2. The van der Waals surface area contributed by atoms with Crippen LogP contribution in [0.3, 0.4) is 0 Å². The normalized spacial score (nSPS) is 12.3. The Balaban J connectivity index is 1.51. The minimum atomic E-state index is -0.567. The lowest BCUT2D eigenvalue weighted by Crippen LogP contribution is -2.18. The molecule has 1 heterocycles. The van der Waals surface area contributed by atoms with Gasteiger partial charge < -0.3 is 4.42 Å². The average molecular weight is 441 g/mol. The van der Waals surface area contributed by atoms with Gasteiger partial charge in [-0.3, -0.25) is 9.59 Å². The van der Waals surface area contributed by atoms with Gasteiger partial charge in [0.1, 0.15) is 0 Å². The van der Waals surface area contributed by atoms with Crippen LogP contribution in [-0.4, -0.2) is 24.2 Å². The van der Waals surface area contributed by atoms with Gasteiger partial charge in [-0.05, 0) is 48.3 Å². The number of carbonyl (C=O) groups excluding carboxylic acids is 2. The number of allylic oxidation sites excluding steroid dienone is 2. The molecule has 7 heteroatoms. The monoisotopic (exact) mass is 440 g/mol. The molecule has 0 aliphatic heterocycles. The fourth-order valence-electron chi connectivity index (χ4n) is 2.78. The maximum Gasteiger partial charge on any atom is 0.307 e. The fraction of sp³-hybridized carbons (Fsp3) is 0.0769. The lowest BCUT2D eigenvalue weighted by Gasteiger charge is -1.98. The Kier molecular flexibility index (Phi) is 8.25. The van der Waals surface area contributed by atoms with Gasteiger partial charge in [-0.25, -0.2) is 10.9 Å². The van der Waals surface area contributed by atoms with Crippen molar-refractivity contribution in [3.05, 3.63) is 107 Å². The topological polar surface area (TPSA) is 96.1 Å². The van der Waals surface area contributed by atoms with Crippen molar-refractivity contribution < 1.29 is 14.0 Å². The maximum absolute atomic E-state index is 12.2. The number of carbonyl (C=O) groups is 2. The third-order valence-corrected chi connectivity index (χ3v) is 4.31. The molecule has 0 unspecified atom stereocenters. The van der Waals surface area contributed by atoms with Crippen molar-refractivity contribution in [2.24, 2.45) is 10.2 Å². The SMILES string of the molecule is CC(/C=N/NC(=O)c1ccc(C(=O)N/N=C/C(C)=C/c2ccccc2)o1)=C\c1ccccc1. The number of furan rings is 1. The van der Waals surface area contributed by atoms with Crippen LogP contribution in [0.5, 0.6) is 0 Å². The molecule has 2 N–H and O–H groups in total. The first kappa shape index (κ1) is 23.1. The van der Waals surface area contributed by atoms with Crippen LogP contribution in [0.2, 0.25) is 0 Å². The molecule has 0 fully saturated rings. The highest BCUT2D eigenvalue weighted by atomic mass is 16.4. The van der Waals surface area contributed by atoms with Gasteiger partial charge in [-0.15, -0.1) is 0 Å². The summed E-state index contributed by atoms with van der Waals surface area (Å²) in [5.74, 6) is -1.21. The molecule has 2 amide bonds. The fourth-order valence-corrected chi connectivity index (χ4v) is 2.78. The minimum absolute atomic E-state index is 0.0360. The number of benzene rings is 2. The molecular formula is C26H24N4O3. The van der Waals surface area contributed by atoms with Crippen molar-refractivity contribution in [1.29, 1.82) is 0 Å². The number of nitrogens with one attached hydrogen (secondary N) is 2. The molecule has 0 radical (unpaired) electrons. The van der Waals surface area contributed by atoms with E-state index in [1.54, 1.807) is 0 Å². The number of nitrogens with zero attached hydrogens (tertiary/aromatic N) is 2. The zero-order chi connectivity index (χ0) is 23.5. The predicted molar refractivity (Wildman–Crippen MR) is 131 cm³/mol. The van der Waals surface area contributed by atoms with Crippen LogP contribution in [0.4, 0.5) is 0 Å². The molecule has 0 saturated carbocycles. The summed E-state index contributed by atoms with van der Waals surface area (Å²) in [6.07, 6.45) is 6.92. The Labute approximate surface area is 192 Å². The lowest BCUT2D eigenvalue weighted by molar-refractivity contribution is 0.0902. The van der Waals surface area contributed by atoms with Crippen LogP contribution < -0.4 is 10.9 Å². The molecule has 166 valence electrons. The molecular weight excluding hydrogens is 416 g/mol. The number of hydrazone groups is 2. The largest absolute Gasteiger partial charge is 0.446 e. The highest BCUT2D eigenvalue weighted by molar-refractivity contribution is 5.96. The van der Waals surface area contributed by atoms with Crippen LogP contribution in [0, 0.1) is 0 Å². The third-order valence-electron chi connectivity index (χ3n) is 4.31. The molecule has 2 aromatic carbocycles. The summed E-state index contributed by atoms with van der Waals surface area (Å²) in [4.78, 5) is 24.4. The van der Waals surface area contributed by atoms with Crippen LogP contribution in [0.1, 0.15) is 46.1 Å². The van der Waals surface area contributed by atoms with Crippen molar-refractivity contribution in [1.82, 2.24) is 10.9 Å². The Morgan fingerprint density at radius 1 is 0.667 bits per heavy atom. The standard InChI is InChI=1S/C26H24N4O3/c1-19(15-21-9-5-3-6-10-21)17-27-29-25(31)23-13-14-24(33-23)26(32)30-28-18-20(2)16-22-11-7-4-8-12-22/h3-18H,1-2H3,(H,29,31)(H,30,32)/b19-15+,20-16+,27-17+,28-18+. The highest BCUT2D eigenvalue weighted by Crippen LogP contribution is 2.09. The Hall–Kier alpha value is -4.52. The number of hydrogen-bond acceptors (Lipinski definition) is 5. The second-order valence-electron chi connectivity index (χ2n) is 7.16. The highest BCUT2D eigenvalue weighted by Gasteiger charge is 2.15. The number of hydrogen-bond donors (Lipinski definition) is 2. The van der Waals surface area contributed by atoms with E-state index in [9.17, 15) is 9.59 Å². The molecule has 3 aromatic rings. The summed E-state index contributed by atoms with van der Waals surface area (Å²) in [6, 6.07) is 22.3. The molecule has 0 saturated heterocycles. The molecule has 0 bridgehead atoms. The zero-order valence-corrected chi connectivity index (χ0v) is 18.4. The number of amides is 2.